The van der Waals surface area contributed by atoms with Gasteiger partial charge in [0.2, 0.25) is 0 Å². The van der Waals surface area contributed by atoms with Gasteiger partial charge in [-0.3, -0.25) is 4.79 Å². The fourth-order valence-corrected chi connectivity index (χ4v) is 4.81. The van der Waals surface area contributed by atoms with E-state index in [0.717, 1.165) is 11.3 Å². The molecule has 18 heavy (non-hydrogen) atoms. The highest BCUT2D eigenvalue weighted by Crippen LogP contribution is 2.27. The van der Waals surface area contributed by atoms with Gasteiger partial charge in [-0.25, -0.2) is 13.4 Å². The number of hydrogen-bond acceptors (Lipinski definition) is 5. The first kappa shape index (κ1) is 13.4. The third-order valence-electron chi connectivity index (χ3n) is 3.08. The molecule has 1 N–H and O–H groups in total. The van der Waals surface area contributed by atoms with Crippen molar-refractivity contribution in [1.82, 2.24) is 9.29 Å². The maximum absolute atomic E-state index is 12.3. The standard InChI is InChI=1S/C10H14N2O4S2/c1-7-10(17-6-11-7)18(15,16)12-4-2-8(3-5-12)9(13)14/h6,8H,2-5H2,1H3,(H,13,14). The summed E-state index contributed by atoms with van der Waals surface area (Å²) in [5.74, 6) is -1.28. The van der Waals surface area contributed by atoms with Gasteiger partial charge < -0.3 is 5.11 Å². The van der Waals surface area contributed by atoms with E-state index in [-0.39, 0.29) is 17.3 Å². The third-order valence-corrected chi connectivity index (χ3v) is 6.53. The van der Waals surface area contributed by atoms with E-state index in [1.165, 1.54) is 9.82 Å². The summed E-state index contributed by atoms with van der Waals surface area (Å²) in [7, 11) is -3.50. The molecule has 1 aromatic heterocycles. The highest BCUT2D eigenvalue weighted by atomic mass is 32.2. The van der Waals surface area contributed by atoms with Crippen LogP contribution in [0.25, 0.3) is 0 Å². The average molecular weight is 290 g/mol. The Labute approximate surface area is 109 Å². The maximum atomic E-state index is 12.3. The van der Waals surface area contributed by atoms with Gasteiger partial charge in [-0.2, -0.15) is 4.31 Å². The minimum atomic E-state index is -3.50. The molecule has 8 heteroatoms. The van der Waals surface area contributed by atoms with Gasteiger partial charge in [0.25, 0.3) is 10.0 Å². The zero-order valence-corrected chi connectivity index (χ0v) is 11.5. The van der Waals surface area contributed by atoms with Gasteiger partial charge in [-0.1, -0.05) is 0 Å². The van der Waals surface area contributed by atoms with Crippen LogP contribution >= 0.6 is 11.3 Å². The van der Waals surface area contributed by atoms with E-state index in [1.54, 1.807) is 6.92 Å². The monoisotopic (exact) mass is 290 g/mol. The van der Waals surface area contributed by atoms with Gasteiger partial charge in [0, 0.05) is 13.1 Å². The summed E-state index contributed by atoms with van der Waals surface area (Å²) in [4.78, 5) is 14.8. The Morgan fingerprint density at radius 1 is 1.50 bits per heavy atom. The highest BCUT2D eigenvalue weighted by molar-refractivity contribution is 7.91. The van der Waals surface area contributed by atoms with Gasteiger partial charge in [0.1, 0.15) is 0 Å². The Hall–Kier alpha value is -0.990. The minimum absolute atomic E-state index is 0.260. The summed E-state index contributed by atoms with van der Waals surface area (Å²) in [6, 6.07) is 0. The van der Waals surface area contributed by atoms with E-state index in [2.05, 4.69) is 4.98 Å². The van der Waals surface area contributed by atoms with Gasteiger partial charge >= 0.3 is 5.97 Å². The molecule has 1 aliphatic rings. The van der Waals surface area contributed by atoms with E-state index >= 15 is 0 Å². The molecular weight excluding hydrogens is 276 g/mol. The molecule has 0 spiro atoms. The lowest BCUT2D eigenvalue weighted by atomic mass is 9.99. The summed E-state index contributed by atoms with van der Waals surface area (Å²) >= 11 is 1.10. The summed E-state index contributed by atoms with van der Waals surface area (Å²) in [5.41, 5.74) is 2.01. The van der Waals surface area contributed by atoms with Crippen LogP contribution in [-0.4, -0.2) is 41.9 Å². The molecule has 0 aromatic carbocycles. The van der Waals surface area contributed by atoms with Crippen LogP contribution in [0.5, 0.6) is 0 Å². The number of sulfonamides is 1. The first-order valence-electron chi connectivity index (χ1n) is 5.56. The number of carbonyl (C=O) groups is 1. The van der Waals surface area contributed by atoms with Crippen molar-refractivity contribution in [2.75, 3.05) is 13.1 Å². The molecule has 1 saturated heterocycles. The molecule has 6 nitrogen and oxygen atoms in total. The van der Waals surface area contributed by atoms with Crippen LogP contribution in [-0.2, 0) is 14.8 Å². The Kier molecular flexibility index (Phi) is 3.69. The normalized spacial score (nSPS) is 18.9. The van der Waals surface area contributed by atoms with Crippen molar-refractivity contribution in [3.8, 4) is 0 Å². The second kappa shape index (κ2) is 4.94. The topological polar surface area (TPSA) is 87.6 Å². The minimum Gasteiger partial charge on any atom is -0.481 e. The number of thiazole rings is 1. The lowest BCUT2D eigenvalue weighted by Crippen LogP contribution is -2.40. The lowest BCUT2D eigenvalue weighted by Gasteiger charge is -2.28. The van der Waals surface area contributed by atoms with Crippen molar-refractivity contribution in [2.24, 2.45) is 5.92 Å². The zero-order valence-electron chi connectivity index (χ0n) is 9.87. The van der Waals surface area contributed by atoms with Gasteiger partial charge in [-0.15, -0.1) is 11.3 Å². The quantitative estimate of drug-likeness (QED) is 0.895. The molecule has 0 amide bonds. The number of carboxylic acids is 1. The van der Waals surface area contributed by atoms with Gasteiger partial charge in [0.15, 0.2) is 4.21 Å². The molecule has 0 aliphatic carbocycles. The van der Waals surface area contributed by atoms with Crippen LogP contribution in [0.2, 0.25) is 0 Å². The van der Waals surface area contributed by atoms with Crippen molar-refractivity contribution in [3.05, 3.63) is 11.2 Å². The number of aliphatic carboxylic acids is 1. The van der Waals surface area contributed by atoms with E-state index in [1.807, 2.05) is 0 Å². The Morgan fingerprint density at radius 3 is 2.56 bits per heavy atom. The highest BCUT2D eigenvalue weighted by Gasteiger charge is 2.33. The second-order valence-corrected chi connectivity index (χ2v) is 7.23. The number of nitrogens with zero attached hydrogens (tertiary/aromatic N) is 2. The fourth-order valence-electron chi connectivity index (χ4n) is 2.00. The van der Waals surface area contributed by atoms with Crippen LogP contribution in [0.3, 0.4) is 0 Å². The molecule has 1 fully saturated rings. The second-order valence-electron chi connectivity index (χ2n) is 4.24. The van der Waals surface area contributed by atoms with Crippen molar-refractivity contribution in [3.63, 3.8) is 0 Å². The zero-order chi connectivity index (χ0) is 13.3. The number of aromatic nitrogens is 1. The van der Waals surface area contributed by atoms with Crippen LogP contribution in [0.15, 0.2) is 9.72 Å². The van der Waals surface area contributed by atoms with E-state index < -0.39 is 21.9 Å². The lowest BCUT2D eigenvalue weighted by molar-refractivity contribution is -0.142. The predicted octanol–water partition coefficient (Wildman–Crippen LogP) is 0.937. The smallest absolute Gasteiger partial charge is 0.306 e. The molecule has 1 aromatic rings. The average Bonchev–Trinajstić information content (AvgIpc) is 2.76. The Balaban J connectivity index is 2.15. The number of piperidine rings is 1. The van der Waals surface area contributed by atoms with Gasteiger partial charge in [0.05, 0.1) is 17.1 Å². The molecule has 2 heterocycles. The molecule has 0 bridgehead atoms. The van der Waals surface area contributed by atoms with E-state index in [4.69, 9.17) is 5.11 Å². The molecule has 100 valence electrons. The molecule has 0 saturated carbocycles. The summed E-state index contributed by atoms with van der Waals surface area (Å²) < 4.78 is 26.2. The SMILES string of the molecule is Cc1ncsc1S(=O)(=O)N1CCC(C(=O)O)CC1. The first-order chi connectivity index (χ1) is 8.43. The molecule has 0 radical (unpaired) electrons. The Bertz CT molecular complexity index is 544. The number of carboxylic acid groups (broad SMARTS) is 1. The van der Waals surface area contributed by atoms with Crippen molar-refractivity contribution in [2.45, 2.75) is 24.0 Å². The van der Waals surface area contributed by atoms with Crippen molar-refractivity contribution < 1.29 is 18.3 Å². The van der Waals surface area contributed by atoms with Crippen molar-refractivity contribution in [1.29, 1.82) is 0 Å². The van der Waals surface area contributed by atoms with Crippen LogP contribution in [0.4, 0.5) is 0 Å². The van der Waals surface area contributed by atoms with Crippen LogP contribution in [0, 0.1) is 12.8 Å². The van der Waals surface area contributed by atoms with E-state index in [9.17, 15) is 13.2 Å². The van der Waals surface area contributed by atoms with Crippen molar-refractivity contribution >= 4 is 27.3 Å². The molecule has 2 rings (SSSR count). The van der Waals surface area contributed by atoms with Gasteiger partial charge in [-0.05, 0) is 19.8 Å². The fraction of sp³-hybridized carbons (Fsp3) is 0.600. The Morgan fingerprint density at radius 2 is 2.11 bits per heavy atom. The summed E-state index contributed by atoms with van der Waals surface area (Å²) in [6.07, 6.45) is 0.735. The number of rotatable bonds is 3. The third kappa shape index (κ3) is 2.40. The summed E-state index contributed by atoms with van der Waals surface area (Å²) in [6.45, 7) is 2.18. The molecular formula is C10H14N2O4S2. The molecule has 0 atom stereocenters. The predicted molar refractivity (Wildman–Crippen MR) is 66.0 cm³/mol. The summed E-state index contributed by atoms with van der Waals surface area (Å²) in [5, 5.41) is 8.88. The molecule has 0 unspecified atom stereocenters. The number of hydrogen-bond donors (Lipinski definition) is 1. The number of aryl methyl sites for hydroxylation is 1. The maximum Gasteiger partial charge on any atom is 0.306 e. The molecule has 1 aliphatic heterocycles. The largest absolute Gasteiger partial charge is 0.481 e. The van der Waals surface area contributed by atoms with E-state index in [0.29, 0.717) is 18.5 Å². The van der Waals surface area contributed by atoms with Crippen LogP contribution < -0.4 is 0 Å². The van der Waals surface area contributed by atoms with Crippen LogP contribution in [0.1, 0.15) is 18.5 Å². The first-order valence-corrected chi connectivity index (χ1v) is 7.88.